The minimum absolute atomic E-state index is 0.0668. The zero-order chi connectivity index (χ0) is 15.2. The van der Waals surface area contributed by atoms with Gasteiger partial charge in [-0.15, -0.1) is 0 Å². The Morgan fingerprint density at radius 1 is 1.38 bits per heavy atom. The highest BCUT2D eigenvalue weighted by molar-refractivity contribution is 5.95. The summed E-state index contributed by atoms with van der Waals surface area (Å²) in [5.41, 5.74) is 0.582. The largest absolute Gasteiger partial charge is 0.497 e. The molecule has 1 unspecified atom stereocenters. The van der Waals surface area contributed by atoms with Crippen molar-refractivity contribution in [2.45, 2.75) is 19.8 Å². The number of benzene rings is 1. The van der Waals surface area contributed by atoms with E-state index < -0.39 is 0 Å². The number of ether oxygens (including phenoxy) is 2. The van der Waals surface area contributed by atoms with Crippen molar-refractivity contribution in [1.29, 1.82) is 0 Å². The fourth-order valence-electron chi connectivity index (χ4n) is 2.55. The number of esters is 1. The molecule has 0 N–H and O–H groups in total. The van der Waals surface area contributed by atoms with Crippen LogP contribution in [-0.2, 0) is 9.53 Å². The molecule has 1 aliphatic rings. The molecule has 1 fully saturated rings. The predicted molar refractivity (Wildman–Crippen MR) is 78.3 cm³/mol. The Balaban J connectivity index is 2.06. The van der Waals surface area contributed by atoms with Crippen molar-refractivity contribution in [2.75, 3.05) is 26.8 Å². The molecule has 1 aromatic rings. The molecule has 5 nitrogen and oxygen atoms in total. The number of rotatable bonds is 4. The third-order valence-corrected chi connectivity index (χ3v) is 3.65. The Bertz CT molecular complexity index is 515. The van der Waals surface area contributed by atoms with Gasteiger partial charge in [0.25, 0.3) is 5.91 Å². The molecule has 2 rings (SSSR count). The van der Waals surface area contributed by atoms with Crippen molar-refractivity contribution in [3.63, 3.8) is 0 Å². The number of likely N-dealkylation sites (tertiary alicyclic amines) is 1. The second-order valence-electron chi connectivity index (χ2n) is 5.07. The lowest BCUT2D eigenvalue weighted by atomic mass is 9.97. The number of hydrogen-bond acceptors (Lipinski definition) is 4. The molecule has 21 heavy (non-hydrogen) atoms. The van der Waals surface area contributed by atoms with Crippen LogP contribution >= 0.6 is 0 Å². The van der Waals surface area contributed by atoms with Gasteiger partial charge in [0.15, 0.2) is 0 Å². The fourth-order valence-corrected chi connectivity index (χ4v) is 2.55. The van der Waals surface area contributed by atoms with Crippen molar-refractivity contribution in [3.05, 3.63) is 29.8 Å². The van der Waals surface area contributed by atoms with Crippen LogP contribution in [0.15, 0.2) is 24.3 Å². The van der Waals surface area contributed by atoms with Crippen molar-refractivity contribution in [1.82, 2.24) is 4.90 Å². The fraction of sp³-hybridized carbons (Fsp3) is 0.500. The van der Waals surface area contributed by atoms with Gasteiger partial charge >= 0.3 is 5.97 Å². The SMILES string of the molecule is CCOC(=O)C1CCCN(C(=O)c2cccc(OC)c2)C1. The first-order valence-electron chi connectivity index (χ1n) is 7.25. The van der Waals surface area contributed by atoms with Gasteiger partial charge in [-0.3, -0.25) is 9.59 Å². The zero-order valence-corrected chi connectivity index (χ0v) is 12.5. The molecular weight excluding hydrogens is 270 g/mol. The van der Waals surface area contributed by atoms with Gasteiger partial charge in [0.2, 0.25) is 0 Å². The summed E-state index contributed by atoms with van der Waals surface area (Å²) in [5, 5.41) is 0. The molecule has 0 aliphatic carbocycles. The van der Waals surface area contributed by atoms with Crippen LogP contribution in [0.3, 0.4) is 0 Å². The Hall–Kier alpha value is -2.04. The van der Waals surface area contributed by atoms with Crippen LogP contribution in [0.25, 0.3) is 0 Å². The van der Waals surface area contributed by atoms with E-state index in [1.165, 1.54) is 0 Å². The molecule has 1 heterocycles. The summed E-state index contributed by atoms with van der Waals surface area (Å²) >= 11 is 0. The summed E-state index contributed by atoms with van der Waals surface area (Å²) in [6.07, 6.45) is 1.60. The Morgan fingerprint density at radius 2 is 2.19 bits per heavy atom. The average molecular weight is 291 g/mol. The average Bonchev–Trinajstić information content (AvgIpc) is 2.54. The van der Waals surface area contributed by atoms with Crippen LogP contribution in [0.4, 0.5) is 0 Å². The number of carbonyl (C=O) groups is 2. The summed E-state index contributed by atoms with van der Waals surface area (Å²) in [7, 11) is 1.57. The normalized spacial score (nSPS) is 18.2. The standard InChI is InChI=1S/C16H21NO4/c1-3-21-16(19)13-7-5-9-17(11-13)15(18)12-6-4-8-14(10-12)20-2/h4,6,8,10,13H,3,5,7,9,11H2,1-2H3. The minimum Gasteiger partial charge on any atom is -0.497 e. The van der Waals surface area contributed by atoms with Crippen LogP contribution in [0.1, 0.15) is 30.1 Å². The molecule has 114 valence electrons. The van der Waals surface area contributed by atoms with Crippen LogP contribution in [0, 0.1) is 5.92 Å². The molecule has 1 aliphatic heterocycles. The monoisotopic (exact) mass is 291 g/mol. The minimum atomic E-state index is -0.215. The first kappa shape index (κ1) is 15.4. The molecule has 0 radical (unpaired) electrons. The van der Waals surface area contributed by atoms with E-state index in [1.807, 2.05) is 0 Å². The predicted octanol–water partition coefficient (Wildman–Crippen LogP) is 2.11. The van der Waals surface area contributed by atoms with Gasteiger partial charge in [0.1, 0.15) is 5.75 Å². The molecule has 0 bridgehead atoms. The molecular formula is C16H21NO4. The summed E-state index contributed by atoms with van der Waals surface area (Å²) in [5.74, 6) is 0.164. The van der Waals surface area contributed by atoms with Crippen molar-refractivity contribution in [3.8, 4) is 5.75 Å². The van der Waals surface area contributed by atoms with Gasteiger partial charge in [-0.2, -0.15) is 0 Å². The van der Waals surface area contributed by atoms with Gasteiger partial charge in [-0.1, -0.05) is 6.07 Å². The number of piperidine rings is 1. The lowest BCUT2D eigenvalue weighted by Gasteiger charge is -2.31. The highest BCUT2D eigenvalue weighted by Gasteiger charge is 2.29. The van der Waals surface area contributed by atoms with Gasteiger partial charge < -0.3 is 14.4 Å². The Labute approximate surface area is 124 Å². The molecule has 1 aromatic carbocycles. The maximum absolute atomic E-state index is 12.5. The van der Waals surface area contributed by atoms with Crippen LogP contribution in [0.5, 0.6) is 5.75 Å². The van der Waals surface area contributed by atoms with E-state index in [2.05, 4.69) is 0 Å². The van der Waals surface area contributed by atoms with Crippen molar-refractivity contribution in [2.24, 2.45) is 5.92 Å². The maximum Gasteiger partial charge on any atom is 0.310 e. The van der Waals surface area contributed by atoms with Crippen LogP contribution in [-0.4, -0.2) is 43.6 Å². The molecule has 5 heteroatoms. The third-order valence-electron chi connectivity index (χ3n) is 3.65. The second-order valence-corrected chi connectivity index (χ2v) is 5.07. The Morgan fingerprint density at radius 3 is 2.90 bits per heavy atom. The molecule has 0 saturated carbocycles. The summed E-state index contributed by atoms with van der Waals surface area (Å²) in [4.78, 5) is 26.1. The van der Waals surface area contributed by atoms with Gasteiger partial charge in [-0.05, 0) is 38.0 Å². The molecule has 1 atom stereocenters. The van der Waals surface area contributed by atoms with E-state index >= 15 is 0 Å². The zero-order valence-electron chi connectivity index (χ0n) is 12.5. The number of carbonyl (C=O) groups excluding carboxylic acids is 2. The highest BCUT2D eigenvalue weighted by Crippen LogP contribution is 2.21. The summed E-state index contributed by atoms with van der Waals surface area (Å²) in [6, 6.07) is 7.07. The highest BCUT2D eigenvalue weighted by atomic mass is 16.5. The maximum atomic E-state index is 12.5. The topological polar surface area (TPSA) is 55.8 Å². The first-order chi connectivity index (χ1) is 10.2. The summed E-state index contributed by atoms with van der Waals surface area (Å²) in [6.45, 7) is 3.26. The summed E-state index contributed by atoms with van der Waals surface area (Å²) < 4.78 is 10.2. The lowest BCUT2D eigenvalue weighted by Crippen LogP contribution is -2.42. The van der Waals surface area contributed by atoms with Gasteiger partial charge in [-0.25, -0.2) is 0 Å². The van der Waals surface area contributed by atoms with Gasteiger partial charge in [0, 0.05) is 18.7 Å². The second kappa shape index (κ2) is 7.11. The van der Waals surface area contributed by atoms with Crippen LogP contribution < -0.4 is 4.74 Å². The Kier molecular flexibility index (Phi) is 5.20. The van der Waals surface area contributed by atoms with E-state index in [-0.39, 0.29) is 17.8 Å². The molecule has 1 amide bonds. The van der Waals surface area contributed by atoms with E-state index in [9.17, 15) is 9.59 Å². The number of amides is 1. The number of hydrogen-bond donors (Lipinski definition) is 0. The molecule has 1 saturated heterocycles. The smallest absolute Gasteiger partial charge is 0.310 e. The van der Waals surface area contributed by atoms with E-state index in [0.29, 0.717) is 31.0 Å². The first-order valence-corrected chi connectivity index (χ1v) is 7.25. The quantitative estimate of drug-likeness (QED) is 0.797. The van der Waals surface area contributed by atoms with E-state index in [0.717, 1.165) is 12.8 Å². The molecule has 0 aromatic heterocycles. The van der Waals surface area contributed by atoms with Gasteiger partial charge in [0.05, 0.1) is 19.6 Å². The van der Waals surface area contributed by atoms with Crippen LogP contribution in [0.2, 0.25) is 0 Å². The number of nitrogens with zero attached hydrogens (tertiary/aromatic N) is 1. The lowest BCUT2D eigenvalue weighted by molar-refractivity contribution is -0.149. The number of methoxy groups -OCH3 is 1. The molecule has 0 spiro atoms. The van der Waals surface area contributed by atoms with Crippen molar-refractivity contribution >= 4 is 11.9 Å². The van der Waals surface area contributed by atoms with E-state index in [1.54, 1.807) is 43.2 Å². The van der Waals surface area contributed by atoms with Crippen molar-refractivity contribution < 1.29 is 19.1 Å². The third kappa shape index (κ3) is 3.74. The van der Waals surface area contributed by atoms with E-state index in [4.69, 9.17) is 9.47 Å².